The van der Waals surface area contributed by atoms with E-state index < -0.39 is 0 Å². The molecule has 0 saturated carbocycles. The first-order valence-corrected chi connectivity index (χ1v) is 9.97. The second kappa shape index (κ2) is 8.79. The molecule has 4 aromatic rings. The second-order valence-electron chi connectivity index (χ2n) is 7.42. The first kappa shape index (κ1) is 20.3. The number of rotatable bonds is 6. The highest BCUT2D eigenvalue weighted by Gasteiger charge is 2.18. The number of pyridine rings is 1. The molecule has 31 heavy (non-hydrogen) atoms. The van der Waals surface area contributed by atoms with E-state index in [1.165, 1.54) is 4.90 Å². The van der Waals surface area contributed by atoms with Crippen LogP contribution in [0.4, 0.5) is 0 Å². The van der Waals surface area contributed by atoms with Gasteiger partial charge in [-0.1, -0.05) is 60.7 Å². The maximum Gasteiger partial charge on any atom is 0.252 e. The van der Waals surface area contributed by atoms with Crippen molar-refractivity contribution in [2.24, 2.45) is 0 Å². The minimum atomic E-state index is -0.334. The minimum Gasteiger partial charge on any atom is -0.347 e. The molecule has 2 heterocycles. The van der Waals surface area contributed by atoms with E-state index in [2.05, 4.69) is 10.4 Å². The Bertz CT molecular complexity index is 1220. The summed E-state index contributed by atoms with van der Waals surface area (Å²) in [6.07, 6.45) is 1.66. The summed E-state index contributed by atoms with van der Waals surface area (Å²) >= 11 is 0. The predicted molar refractivity (Wildman–Crippen MR) is 120 cm³/mol. The quantitative estimate of drug-likeness (QED) is 0.527. The monoisotopic (exact) mass is 413 g/mol. The summed E-state index contributed by atoms with van der Waals surface area (Å²) in [5, 5.41) is 7.85. The molecule has 0 aliphatic carbocycles. The first-order chi connectivity index (χ1) is 15.0. The van der Waals surface area contributed by atoms with Gasteiger partial charge in [0, 0.05) is 19.7 Å². The Balaban J connectivity index is 1.77. The smallest absolute Gasteiger partial charge is 0.252 e. The Morgan fingerprint density at radius 3 is 2.35 bits per heavy atom. The molecule has 7 heteroatoms. The van der Waals surface area contributed by atoms with Gasteiger partial charge in [0.2, 0.25) is 5.91 Å². The number of hydrogen-bond donors (Lipinski definition) is 1. The van der Waals surface area contributed by atoms with Gasteiger partial charge in [-0.15, -0.1) is 0 Å². The van der Waals surface area contributed by atoms with Crippen molar-refractivity contribution in [2.45, 2.75) is 6.54 Å². The van der Waals surface area contributed by atoms with Gasteiger partial charge < -0.3 is 10.2 Å². The lowest BCUT2D eigenvalue weighted by Gasteiger charge is -2.12. The van der Waals surface area contributed by atoms with E-state index in [1.54, 1.807) is 31.0 Å². The Labute approximate surface area is 180 Å². The third-order valence-electron chi connectivity index (χ3n) is 5.00. The van der Waals surface area contributed by atoms with E-state index >= 15 is 0 Å². The van der Waals surface area contributed by atoms with Crippen LogP contribution in [-0.4, -0.2) is 52.1 Å². The molecule has 0 saturated heterocycles. The molecule has 0 aliphatic rings. The van der Waals surface area contributed by atoms with Crippen LogP contribution in [0.5, 0.6) is 0 Å². The Morgan fingerprint density at radius 1 is 1.00 bits per heavy atom. The summed E-state index contributed by atoms with van der Waals surface area (Å²) in [6.45, 7) is 0.463. The van der Waals surface area contributed by atoms with Crippen LogP contribution in [0.3, 0.4) is 0 Å². The largest absolute Gasteiger partial charge is 0.347 e. The van der Waals surface area contributed by atoms with E-state index in [9.17, 15) is 9.59 Å². The summed E-state index contributed by atoms with van der Waals surface area (Å²) in [6, 6.07) is 21.4. The maximum atomic E-state index is 13.0. The zero-order valence-corrected chi connectivity index (χ0v) is 17.4. The highest BCUT2D eigenvalue weighted by atomic mass is 16.2. The van der Waals surface area contributed by atoms with E-state index in [0.29, 0.717) is 28.8 Å². The maximum absolute atomic E-state index is 13.0. The van der Waals surface area contributed by atoms with Gasteiger partial charge in [-0.05, 0) is 11.6 Å². The number of amides is 2. The number of hydrogen-bond acceptors (Lipinski definition) is 4. The number of nitrogens with zero attached hydrogens (tertiary/aromatic N) is 4. The molecule has 2 amide bonds. The molecule has 0 radical (unpaired) electrons. The van der Waals surface area contributed by atoms with Crippen molar-refractivity contribution in [2.75, 3.05) is 20.6 Å². The molecule has 7 nitrogen and oxygen atoms in total. The van der Waals surface area contributed by atoms with Gasteiger partial charge >= 0.3 is 0 Å². The van der Waals surface area contributed by atoms with Crippen molar-refractivity contribution >= 4 is 22.8 Å². The molecule has 4 rings (SSSR count). The topological polar surface area (TPSA) is 80.1 Å². The standard InChI is InChI=1S/C24H23N5O2/c1-28(2)22(30)15-25-24(31)19-13-21(18-11-7-4-8-12-18)27-23-20(19)14-26-29(23)16-17-9-5-3-6-10-17/h3-14H,15-16H2,1-2H3,(H,25,31). The number of benzene rings is 2. The molecule has 2 aromatic heterocycles. The van der Waals surface area contributed by atoms with Crippen LogP contribution in [0.2, 0.25) is 0 Å². The Morgan fingerprint density at radius 2 is 1.68 bits per heavy atom. The number of nitrogens with one attached hydrogen (secondary N) is 1. The summed E-state index contributed by atoms with van der Waals surface area (Å²) in [4.78, 5) is 31.2. The summed E-state index contributed by atoms with van der Waals surface area (Å²) < 4.78 is 1.79. The van der Waals surface area contributed by atoms with E-state index in [4.69, 9.17) is 4.98 Å². The van der Waals surface area contributed by atoms with Gasteiger partial charge in [0.15, 0.2) is 5.65 Å². The van der Waals surface area contributed by atoms with Crippen molar-refractivity contribution < 1.29 is 9.59 Å². The van der Waals surface area contributed by atoms with Crippen molar-refractivity contribution in [1.82, 2.24) is 25.0 Å². The Kier molecular flexibility index (Phi) is 5.75. The molecule has 0 fully saturated rings. The fourth-order valence-corrected chi connectivity index (χ4v) is 3.27. The zero-order chi connectivity index (χ0) is 21.8. The van der Waals surface area contributed by atoms with E-state index in [-0.39, 0.29) is 18.4 Å². The van der Waals surface area contributed by atoms with Crippen LogP contribution < -0.4 is 5.32 Å². The second-order valence-corrected chi connectivity index (χ2v) is 7.42. The van der Waals surface area contributed by atoms with Gasteiger partial charge in [-0.2, -0.15) is 5.10 Å². The average Bonchev–Trinajstić information content (AvgIpc) is 3.20. The van der Waals surface area contributed by atoms with E-state index in [0.717, 1.165) is 11.1 Å². The van der Waals surface area contributed by atoms with Crippen LogP contribution in [0.25, 0.3) is 22.3 Å². The first-order valence-electron chi connectivity index (χ1n) is 9.97. The van der Waals surface area contributed by atoms with Gasteiger partial charge in [0.05, 0.1) is 35.9 Å². The highest BCUT2D eigenvalue weighted by molar-refractivity contribution is 6.07. The number of likely N-dealkylation sites (N-methyl/N-ethyl adjacent to an activating group) is 1. The molecule has 1 N–H and O–H groups in total. The van der Waals surface area contributed by atoms with Crippen molar-refractivity contribution in [1.29, 1.82) is 0 Å². The van der Waals surface area contributed by atoms with Gasteiger partial charge in [-0.25, -0.2) is 9.67 Å². The lowest BCUT2D eigenvalue weighted by atomic mass is 10.1. The number of carbonyl (C=O) groups excluding carboxylic acids is 2. The summed E-state index contributed by atoms with van der Waals surface area (Å²) in [5.74, 6) is -0.513. The molecule has 156 valence electrons. The molecule has 0 atom stereocenters. The fraction of sp³-hybridized carbons (Fsp3) is 0.167. The summed E-state index contributed by atoms with van der Waals surface area (Å²) in [5.41, 5.74) is 3.72. The molecule has 0 spiro atoms. The fourth-order valence-electron chi connectivity index (χ4n) is 3.27. The average molecular weight is 413 g/mol. The normalized spacial score (nSPS) is 10.8. The van der Waals surface area contributed by atoms with Crippen molar-refractivity contribution in [3.8, 4) is 11.3 Å². The van der Waals surface area contributed by atoms with Crippen LogP contribution >= 0.6 is 0 Å². The number of aromatic nitrogens is 3. The lowest BCUT2D eigenvalue weighted by Crippen LogP contribution is -2.36. The highest BCUT2D eigenvalue weighted by Crippen LogP contribution is 2.25. The molecular weight excluding hydrogens is 390 g/mol. The third kappa shape index (κ3) is 4.45. The number of carbonyl (C=O) groups is 2. The number of fused-ring (bicyclic) bond motifs is 1. The van der Waals surface area contributed by atoms with E-state index in [1.807, 2.05) is 60.7 Å². The summed E-state index contributed by atoms with van der Waals surface area (Å²) in [7, 11) is 3.31. The van der Waals surface area contributed by atoms with Crippen molar-refractivity contribution in [3.05, 3.63) is 84.1 Å². The molecule has 0 unspecified atom stereocenters. The van der Waals surface area contributed by atoms with Crippen molar-refractivity contribution in [3.63, 3.8) is 0 Å². The van der Waals surface area contributed by atoms with Crippen LogP contribution in [0.15, 0.2) is 72.9 Å². The minimum absolute atomic E-state index is 0.0749. The van der Waals surface area contributed by atoms with Gasteiger partial charge in [0.25, 0.3) is 5.91 Å². The van der Waals surface area contributed by atoms with Crippen LogP contribution in [0.1, 0.15) is 15.9 Å². The Hall–Kier alpha value is -4.00. The molecule has 0 bridgehead atoms. The van der Waals surface area contributed by atoms with Gasteiger partial charge in [0.1, 0.15) is 0 Å². The molecule has 0 aliphatic heterocycles. The molecule has 2 aromatic carbocycles. The molecular formula is C24H23N5O2. The van der Waals surface area contributed by atoms with Crippen LogP contribution in [-0.2, 0) is 11.3 Å². The van der Waals surface area contributed by atoms with Gasteiger partial charge in [-0.3, -0.25) is 9.59 Å². The lowest BCUT2D eigenvalue weighted by molar-refractivity contribution is -0.127. The van der Waals surface area contributed by atoms with Crippen LogP contribution in [0, 0.1) is 0 Å². The third-order valence-corrected chi connectivity index (χ3v) is 5.00. The SMILES string of the molecule is CN(C)C(=O)CNC(=O)c1cc(-c2ccccc2)nc2c1cnn2Cc1ccccc1. The predicted octanol–water partition coefficient (Wildman–Crippen LogP) is 2.96. The zero-order valence-electron chi connectivity index (χ0n) is 17.4.